The standard InChI is InChI=1S/C19H15ClFN5O2/c1-19(15-8-7-12(21)9-16(15)20)17(27)25(18(28)23-19)11-13-10-22-26(24-13)14-5-3-2-4-6-14/h2-10H,11H2,1H3,(H,23,28). The number of aromatic nitrogens is 3. The van der Waals surface area contributed by atoms with Gasteiger partial charge in [-0.05, 0) is 31.2 Å². The maximum absolute atomic E-state index is 13.4. The van der Waals surface area contributed by atoms with E-state index in [0.29, 0.717) is 11.3 Å². The van der Waals surface area contributed by atoms with Crippen molar-refractivity contribution in [2.75, 3.05) is 0 Å². The van der Waals surface area contributed by atoms with Crippen molar-refractivity contribution in [3.05, 3.63) is 76.8 Å². The fraction of sp³-hybridized carbons (Fsp3) is 0.158. The van der Waals surface area contributed by atoms with Gasteiger partial charge >= 0.3 is 6.03 Å². The molecule has 9 heteroatoms. The molecule has 1 fully saturated rings. The predicted octanol–water partition coefficient (Wildman–Crippen LogP) is 3.03. The van der Waals surface area contributed by atoms with Crippen LogP contribution in [0.2, 0.25) is 5.02 Å². The van der Waals surface area contributed by atoms with E-state index in [1.54, 1.807) is 0 Å². The smallest absolute Gasteiger partial charge is 0.319 e. The van der Waals surface area contributed by atoms with Gasteiger partial charge in [0.25, 0.3) is 5.91 Å². The maximum Gasteiger partial charge on any atom is 0.325 e. The Bertz CT molecular complexity index is 1070. The zero-order valence-corrected chi connectivity index (χ0v) is 15.5. The number of nitrogens with zero attached hydrogens (tertiary/aromatic N) is 4. The fourth-order valence-electron chi connectivity index (χ4n) is 3.13. The molecule has 3 aromatic rings. The van der Waals surface area contributed by atoms with Crippen molar-refractivity contribution in [2.45, 2.75) is 19.0 Å². The minimum absolute atomic E-state index is 0.0497. The zero-order chi connectivity index (χ0) is 19.9. The largest absolute Gasteiger partial charge is 0.325 e. The number of hydrogen-bond acceptors (Lipinski definition) is 4. The first-order valence-electron chi connectivity index (χ1n) is 8.45. The summed E-state index contributed by atoms with van der Waals surface area (Å²) in [5, 5.41) is 11.2. The van der Waals surface area contributed by atoms with Crippen molar-refractivity contribution in [3.8, 4) is 5.69 Å². The number of rotatable bonds is 4. The number of carbonyl (C=O) groups excluding carboxylic acids is 2. The van der Waals surface area contributed by atoms with Crippen LogP contribution in [0.3, 0.4) is 0 Å². The van der Waals surface area contributed by atoms with Crippen LogP contribution in [0.1, 0.15) is 18.2 Å². The first kappa shape index (κ1) is 18.1. The van der Waals surface area contributed by atoms with E-state index in [-0.39, 0.29) is 11.6 Å². The molecule has 0 bridgehead atoms. The molecule has 1 unspecified atom stereocenters. The summed E-state index contributed by atoms with van der Waals surface area (Å²) in [5.74, 6) is -1.02. The van der Waals surface area contributed by atoms with Crippen LogP contribution >= 0.6 is 11.6 Å². The Hall–Kier alpha value is -3.26. The molecule has 1 N–H and O–H groups in total. The highest BCUT2D eigenvalue weighted by Gasteiger charge is 2.50. The number of carbonyl (C=O) groups is 2. The zero-order valence-electron chi connectivity index (χ0n) is 14.8. The number of urea groups is 1. The molecule has 1 aliphatic heterocycles. The lowest BCUT2D eigenvalue weighted by molar-refractivity contribution is -0.131. The van der Waals surface area contributed by atoms with Gasteiger partial charge in [-0.1, -0.05) is 35.9 Å². The molecule has 2 aromatic carbocycles. The highest BCUT2D eigenvalue weighted by Crippen LogP contribution is 2.34. The first-order chi connectivity index (χ1) is 13.4. The van der Waals surface area contributed by atoms with Crippen molar-refractivity contribution < 1.29 is 14.0 Å². The van der Waals surface area contributed by atoms with E-state index in [9.17, 15) is 14.0 Å². The quantitative estimate of drug-likeness (QED) is 0.684. The van der Waals surface area contributed by atoms with Crippen LogP contribution in [0.15, 0.2) is 54.7 Å². The Morgan fingerprint density at radius 3 is 2.64 bits per heavy atom. The first-order valence-corrected chi connectivity index (χ1v) is 8.82. The van der Waals surface area contributed by atoms with Gasteiger partial charge in [-0.25, -0.2) is 9.18 Å². The van der Waals surface area contributed by atoms with E-state index in [0.717, 1.165) is 16.7 Å². The van der Waals surface area contributed by atoms with Crippen LogP contribution in [0.5, 0.6) is 0 Å². The van der Waals surface area contributed by atoms with Crippen LogP contribution in [0.25, 0.3) is 5.69 Å². The summed E-state index contributed by atoms with van der Waals surface area (Å²) in [6.45, 7) is 1.49. The number of para-hydroxylation sites is 1. The molecular weight excluding hydrogens is 385 g/mol. The van der Waals surface area contributed by atoms with Crippen LogP contribution < -0.4 is 5.32 Å². The van der Waals surface area contributed by atoms with Crippen molar-refractivity contribution >= 4 is 23.5 Å². The van der Waals surface area contributed by atoms with Gasteiger partial charge in [0.15, 0.2) is 0 Å². The maximum atomic E-state index is 13.4. The summed E-state index contributed by atoms with van der Waals surface area (Å²) in [6, 6.07) is 12.4. The minimum atomic E-state index is -1.39. The molecule has 2 heterocycles. The Morgan fingerprint density at radius 1 is 1.18 bits per heavy atom. The van der Waals surface area contributed by atoms with Gasteiger partial charge in [0.2, 0.25) is 0 Å². The molecule has 0 saturated carbocycles. The second-order valence-electron chi connectivity index (χ2n) is 6.53. The molecule has 0 aliphatic carbocycles. The van der Waals surface area contributed by atoms with Gasteiger partial charge in [-0.15, -0.1) is 0 Å². The van der Waals surface area contributed by atoms with Gasteiger partial charge in [-0.2, -0.15) is 15.0 Å². The molecule has 7 nitrogen and oxygen atoms in total. The summed E-state index contributed by atoms with van der Waals surface area (Å²) in [4.78, 5) is 27.9. The SMILES string of the molecule is CC1(c2ccc(F)cc2Cl)NC(=O)N(Cc2cnn(-c3ccccc3)n2)C1=O. The van der Waals surface area contributed by atoms with E-state index in [1.807, 2.05) is 30.3 Å². The molecule has 3 amide bonds. The summed E-state index contributed by atoms with van der Waals surface area (Å²) in [6.07, 6.45) is 1.49. The van der Waals surface area contributed by atoms with Crippen molar-refractivity contribution in [1.29, 1.82) is 0 Å². The molecule has 1 saturated heterocycles. The van der Waals surface area contributed by atoms with Crippen LogP contribution in [-0.4, -0.2) is 31.8 Å². The van der Waals surface area contributed by atoms with Gasteiger partial charge in [0.1, 0.15) is 17.1 Å². The second-order valence-corrected chi connectivity index (χ2v) is 6.94. The normalized spacial score (nSPS) is 19.2. The highest BCUT2D eigenvalue weighted by molar-refractivity contribution is 6.32. The average molecular weight is 400 g/mol. The lowest BCUT2D eigenvalue weighted by atomic mass is 9.92. The molecular formula is C19H15ClFN5O2. The summed E-state index contributed by atoms with van der Waals surface area (Å²) in [5.41, 5.74) is 0.136. The lowest BCUT2D eigenvalue weighted by Gasteiger charge is -2.23. The Morgan fingerprint density at radius 2 is 1.93 bits per heavy atom. The Kier molecular flexibility index (Phi) is 4.35. The number of hydrogen-bond donors (Lipinski definition) is 1. The van der Waals surface area contributed by atoms with E-state index < -0.39 is 23.3 Å². The molecule has 142 valence electrons. The molecule has 1 atom stereocenters. The molecule has 28 heavy (non-hydrogen) atoms. The van der Waals surface area contributed by atoms with Gasteiger partial charge in [0.05, 0.1) is 18.4 Å². The molecule has 1 aliphatic rings. The predicted molar refractivity (Wildman–Crippen MR) is 99.2 cm³/mol. The summed E-state index contributed by atoms with van der Waals surface area (Å²) < 4.78 is 13.4. The monoisotopic (exact) mass is 399 g/mol. The summed E-state index contributed by atoms with van der Waals surface area (Å²) >= 11 is 6.10. The van der Waals surface area contributed by atoms with E-state index >= 15 is 0 Å². The van der Waals surface area contributed by atoms with Crippen molar-refractivity contribution in [2.24, 2.45) is 0 Å². The minimum Gasteiger partial charge on any atom is -0.319 e. The highest BCUT2D eigenvalue weighted by atomic mass is 35.5. The Balaban J connectivity index is 1.59. The van der Waals surface area contributed by atoms with E-state index in [2.05, 4.69) is 15.5 Å². The molecule has 1 aromatic heterocycles. The van der Waals surface area contributed by atoms with E-state index in [4.69, 9.17) is 11.6 Å². The third kappa shape index (κ3) is 3.01. The third-order valence-electron chi connectivity index (χ3n) is 4.59. The second kappa shape index (κ2) is 6.72. The van der Waals surface area contributed by atoms with Gasteiger partial charge in [-0.3, -0.25) is 9.69 Å². The van der Waals surface area contributed by atoms with Crippen LogP contribution in [0, 0.1) is 5.82 Å². The third-order valence-corrected chi connectivity index (χ3v) is 4.90. The average Bonchev–Trinajstić information content (AvgIpc) is 3.22. The number of imide groups is 1. The number of benzene rings is 2. The van der Waals surface area contributed by atoms with Crippen LogP contribution in [0.4, 0.5) is 9.18 Å². The van der Waals surface area contributed by atoms with Crippen LogP contribution in [-0.2, 0) is 16.9 Å². The number of nitrogens with one attached hydrogen (secondary N) is 1. The topological polar surface area (TPSA) is 80.1 Å². The summed E-state index contributed by atoms with van der Waals surface area (Å²) in [7, 11) is 0. The Labute approximate surface area is 164 Å². The van der Waals surface area contributed by atoms with Crippen molar-refractivity contribution in [3.63, 3.8) is 0 Å². The van der Waals surface area contributed by atoms with Gasteiger partial charge < -0.3 is 5.32 Å². The molecule has 0 spiro atoms. The fourth-order valence-corrected chi connectivity index (χ4v) is 3.49. The molecule has 0 radical (unpaired) electrons. The number of halogens is 2. The van der Waals surface area contributed by atoms with Crippen molar-refractivity contribution in [1.82, 2.24) is 25.2 Å². The van der Waals surface area contributed by atoms with Gasteiger partial charge in [0, 0.05) is 10.6 Å². The molecule has 4 rings (SSSR count). The number of amides is 3. The lowest BCUT2D eigenvalue weighted by Crippen LogP contribution is -2.41. The van der Waals surface area contributed by atoms with E-state index in [1.165, 1.54) is 30.0 Å².